The summed E-state index contributed by atoms with van der Waals surface area (Å²) in [5.74, 6) is 0.581. The van der Waals surface area contributed by atoms with Gasteiger partial charge in [0.2, 0.25) is 0 Å². The van der Waals surface area contributed by atoms with Gasteiger partial charge in [-0.25, -0.2) is 4.98 Å². The fourth-order valence-corrected chi connectivity index (χ4v) is 3.11. The van der Waals surface area contributed by atoms with Crippen LogP contribution >= 0.6 is 11.6 Å². The van der Waals surface area contributed by atoms with E-state index < -0.39 is 5.60 Å². The molecule has 1 aliphatic rings. The Bertz CT molecular complexity index is 694. The van der Waals surface area contributed by atoms with E-state index in [1.165, 1.54) is 0 Å². The number of benzene rings is 1. The van der Waals surface area contributed by atoms with Gasteiger partial charge in [-0.3, -0.25) is 0 Å². The van der Waals surface area contributed by atoms with Crippen molar-refractivity contribution in [1.29, 1.82) is 5.26 Å². The molecule has 2 N–H and O–H groups in total. The molecule has 0 unspecified atom stereocenters. The van der Waals surface area contributed by atoms with Gasteiger partial charge in [-0.1, -0.05) is 11.6 Å². The Morgan fingerprint density at radius 2 is 2.38 bits per heavy atom. The van der Waals surface area contributed by atoms with E-state index in [4.69, 9.17) is 16.9 Å². The van der Waals surface area contributed by atoms with Crippen molar-refractivity contribution in [3.8, 4) is 6.07 Å². The molecule has 6 heteroatoms. The van der Waals surface area contributed by atoms with E-state index in [2.05, 4.69) is 14.9 Å². The van der Waals surface area contributed by atoms with Crippen molar-refractivity contribution in [2.45, 2.75) is 25.0 Å². The predicted octanol–water partition coefficient (Wildman–Crippen LogP) is 2.42. The number of aliphatic hydroxyl groups is 1. The first-order valence-electron chi connectivity index (χ1n) is 6.75. The van der Waals surface area contributed by atoms with Crippen LogP contribution in [0.2, 0.25) is 5.02 Å². The molecule has 0 amide bonds. The molecule has 2 atom stereocenters. The summed E-state index contributed by atoms with van der Waals surface area (Å²) in [5, 5.41) is 20.3. The molecular formula is C15H15ClN4O. The summed E-state index contributed by atoms with van der Waals surface area (Å²) in [6.07, 6.45) is 3.93. The van der Waals surface area contributed by atoms with Crippen molar-refractivity contribution in [1.82, 2.24) is 9.97 Å². The molecular weight excluding hydrogens is 288 g/mol. The van der Waals surface area contributed by atoms with Crippen LogP contribution in [0, 0.1) is 11.3 Å². The maximum atomic E-state index is 10.9. The number of imidazole rings is 1. The van der Waals surface area contributed by atoms with E-state index >= 15 is 0 Å². The zero-order chi connectivity index (χ0) is 15.0. The van der Waals surface area contributed by atoms with Gasteiger partial charge in [0, 0.05) is 31.0 Å². The molecule has 0 spiro atoms. The van der Waals surface area contributed by atoms with Gasteiger partial charge in [0.15, 0.2) is 0 Å². The Hall–Kier alpha value is -2.03. The molecule has 1 saturated heterocycles. The zero-order valence-corrected chi connectivity index (χ0v) is 12.3. The van der Waals surface area contributed by atoms with Gasteiger partial charge < -0.3 is 15.0 Å². The number of aromatic nitrogens is 2. The second kappa shape index (κ2) is 5.06. The van der Waals surface area contributed by atoms with E-state index in [1.54, 1.807) is 24.5 Å². The largest absolute Gasteiger partial charge is 0.380 e. The van der Waals surface area contributed by atoms with Crippen LogP contribution < -0.4 is 4.90 Å². The molecule has 2 heterocycles. The normalized spacial score (nSPS) is 25.0. The number of nitrogens with zero attached hydrogens (tertiary/aromatic N) is 3. The number of anilines is 1. The van der Waals surface area contributed by atoms with Crippen molar-refractivity contribution in [2.75, 3.05) is 11.4 Å². The van der Waals surface area contributed by atoms with E-state index in [0.29, 0.717) is 29.4 Å². The molecule has 0 radical (unpaired) electrons. The first kappa shape index (κ1) is 13.9. The van der Waals surface area contributed by atoms with Gasteiger partial charge >= 0.3 is 0 Å². The topological polar surface area (TPSA) is 75.9 Å². The van der Waals surface area contributed by atoms with E-state index in [9.17, 15) is 5.11 Å². The van der Waals surface area contributed by atoms with Crippen LogP contribution in [0.15, 0.2) is 30.6 Å². The first-order chi connectivity index (χ1) is 10.1. The standard InChI is InChI=1S/C15H15ClN4O/c1-10-15(21,14-18-5-6-19-14)4-7-20(10)12-3-2-11(9-17)13(16)8-12/h2-3,5-6,8,10,21H,4,7H2,1H3,(H,18,19)/t10-,15-/m0/s1. The van der Waals surface area contributed by atoms with Crippen LogP contribution in [0.5, 0.6) is 0 Å². The summed E-state index contributed by atoms with van der Waals surface area (Å²) in [5.41, 5.74) is 0.340. The van der Waals surface area contributed by atoms with Crippen LogP contribution in [0.3, 0.4) is 0 Å². The van der Waals surface area contributed by atoms with Gasteiger partial charge in [-0.2, -0.15) is 5.26 Å². The number of hydrogen-bond donors (Lipinski definition) is 2. The molecule has 0 bridgehead atoms. The molecule has 1 fully saturated rings. The molecule has 0 saturated carbocycles. The van der Waals surface area contributed by atoms with Crippen molar-refractivity contribution in [3.05, 3.63) is 47.0 Å². The monoisotopic (exact) mass is 302 g/mol. The fourth-order valence-electron chi connectivity index (χ4n) is 2.90. The smallest absolute Gasteiger partial charge is 0.143 e. The highest BCUT2D eigenvalue weighted by atomic mass is 35.5. The molecule has 1 aliphatic heterocycles. The minimum Gasteiger partial charge on any atom is -0.380 e. The molecule has 108 valence electrons. The van der Waals surface area contributed by atoms with Crippen molar-refractivity contribution >= 4 is 17.3 Å². The Morgan fingerprint density at radius 1 is 1.57 bits per heavy atom. The number of aromatic amines is 1. The highest BCUT2D eigenvalue weighted by Gasteiger charge is 2.46. The SMILES string of the molecule is C[C@@H]1N(c2ccc(C#N)c(Cl)c2)CC[C@@]1(O)c1ncc[nH]1. The summed E-state index contributed by atoms with van der Waals surface area (Å²) in [4.78, 5) is 9.27. The third-order valence-electron chi connectivity index (χ3n) is 4.21. The van der Waals surface area contributed by atoms with E-state index in [-0.39, 0.29) is 6.04 Å². The minimum atomic E-state index is -1.01. The van der Waals surface area contributed by atoms with E-state index in [1.807, 2.05) is 19.1 Å². The molecule has 5 nitrogen and oxygen atoms in total. The first-order valence-corrected chi connectivity index (χ1v) is 7.12. The third-order valence-corrected chi connectivity index (χ3v) is 4.52. The van der Waals surface area contributed by atoms with Crippen LogP contribution in [0.25, 0.3) is 0 Å². The van der Waals surface area contributed by atoms with Crippen LogP contribution in [0.4, 0.5) is 5.69 Å². The highest BCUT2D eigenvalue weighted by molar-refractivity contribution is 6.32. The fraction of sp³-hybridized carbons (Fsp3) is 0.333. The van der Waals surface area contributed by atoms with Crippen molar-refractivity contribution in [2.24, 2.45) is 0 Å². The molecule has 21 heavy (non-hydrogen) atoms. The van der Waals surface area contributed by atoms with E-state index in [0.717, 1.165) is 5.69 Å². The molecule has 1 aromatic heterocycles. The summed E-state index contributed by atoms with van der Waals surface area (Å²) < 4.78 is 0. The van der Waals surface area contributed by atoms with Gasteiger partial charge in [0.1, 0.15) is 17.5 Å². The Balaban J connectivity index is 1.92. The Labute approximate surface area is 127 Å². The van der Waals surface area contributed by atoms with Crippen molar-refractivity contribution in [3.63, 3.8) is 0 Å². The Kier molecular flexibility index (Phi) is 3.36. The summed E-state index contributed by atoms with van der Waals surface area (Å²) >= 11 is 6.10. The number of nitriles is 1. The number of nitrogens with one attached hydrogen (secondary N) is 1. The zero-order valence-electron chi connectivity index (χ0n) is 11.5. The van der Waals surface area contributed by atoms with Gasteiger partial charge in [-0.15, -0.1) is 0 Å². The number of halogens is 1. The average Bonchev–Trinajstić information content (AvgIpc) is 3.10. The van der Waals surface area contributed by atoms with Crippen LogP contribution in [-0.4, -0.2) is 27.7 Å². The lowest BCUT2D eigenvalue weighted by Crippen LogP contribution is -2.41. The molecule has 0 aliphatic carbocycles. The second-order valence-electron chi connectivity index (χ2n) is 5.26. The third kappa shape index (κ3) is 2.17. The van der Waals surface area contributed by atoms with Crippen LogP contribution in [0.1, 0.15) is 24.7 Å². The average molecular weight is 303 g/mol. The lowest BCUT2D eigenvalue weighted by Gasteiger charge is -2.31. The quantitative estimate of drug-likeness (QED) is 0.893. The second-order valence-corrected chi connectivity index (χ2v) is 5.66. The lowest BCUT2D eigenvalue weighted by molar-refractivity contribution is 0.0247. The maximum absolute atomic E-state index is 10.9. The molecule has 2 aromatic rings. The summed E-state index contributed by atoms with van der Waals surface area (Å²) in [7, 11) is 0. The minimum absolute atomic E-state index is 0.146. The Morgan fingerprint density at radius 3 is 3.00 bits per heavy atom. The lowest BCUT2D eigenvalue weighted by atomic mass is 9.95. The van der Waals surface area contributed by atoms with Gasteiger partial charge in [0.25, 0.3) is 0 Å². The molecule has 1 aromatic carbocycles. The van der Waals surface area contributed by atoms with Crippen molar-refractivity contribution < 1.29 is 5.11 Å². The van der Waals surface area contributed by atoms with Gasteiger partial charge in [-0.05, 0) is 25.1 Å². The summed E-state index contributed by atoms with van der Waals surface area (Å²) in [6.45, 7) is 2.65. The molecule has 3 rings (SSSR count). The van der Waals surface area contributed by atoms with Gasteiger partial charge in [0.05, 0.1) is 16.6 Å². The predicted molar refractivity (Wildman–Crippen MR) is 80.1 cm³/mol. The van der Waals surface area contributed by atoms with Crippen LogP contribution in [-0.2, 0) is 5.60 Å². The number of hydrogen-bond acceptors (Lipinski definition) is 4. The highest BCUT2D eigenvalue weighted by Crippen LogP contribution is 2.39. The number of H-pyrrole nitrogens is 1. The maximum Gasteiger partial charge on any atom is 0.143 e. The number of rotatable bonds is 2. The summed E-state index contributed by atoms with van der Waals surface area (Å²) in [6, 6.07) is 7.23.